The van der Waals surface area contributed by atoms with Gasteiger partial charge in [0.05, 0.1) is 0 Å². The average molecular weight is 256 g/mol. The molecule has 0 atom stereocenters. The minimum absolute atomic E-state index is 0.317. The molecule has 0 rings (SSSR count). The Hall–Kier alpha value is -1.58. The summed E-state index contributed by atoms with van der Waals surface area (Å²) in [5.74, 6) is -1.69. The fraction of sp³-hybridized carbons (Fsp3) is 0.571. The van der Waals surface area contributed by atoms with E-state index < -0.39 is 11.9 Å². The molecule has 4 nitrogen and oxygen atoms in total. The van der Waals surface area contributed by atoms with Crippen molar-refractivity contribution in [3.8, 4) is 0 Å². The van der Waals surface area contributed by atoms with E-state index in [1.807, 2.05) is 13.8 Å². The molecular formula is C14H24O4. The summed E-state index contributed by atoms with van der Waals surface area (Å²) in [4.78, 5) is 20.2. The number of aliphatic carboxylic acids is 2. The predicted octanol–water partition coefficient (Wildman–Crippen LogP) is 3.63. The maximum atomic E-state index is 10.1. The van der Waals surface area contributed by atoms with Crippen molar-refractivity contribution in [1.29, 1.82) is 0 Å². The molecule has 0 fully saturated rings. The standard InChI is InChI=1S/2C7H12O2/c2*1-3-4-5-6(2)7(8)9/h5H,3-4H2,1-2H3,(H,8,9);2-5H2,1H3,(H,8,9). The van der Waals surface area contributed by atoms with Gasteiger partial charge in [-0.05, 0) is 26.2 Å². The summed E-state index contributed by atoms with van der Waals surface area (Å²) in [6.45, 7) is 9.04. The van der Waals surface area contributed by atoms with Crippen molar-refractivity contribution in [1.82, 2.24) is 0 Å². The third-order valence-electron chi connectivity index (χ3n) is 2.21. The summed E-state index contributed by atoms with van der Waals surface area (Å²) in [5.41, 5.74) is 0.758. The summed E-state index contributed by atoms with van der Waals surface area (Å²) in [6.07, 6.45) is 6.16. The number of unbranched alkanes of at least 4 members (excludes halogenated alkanes) is 2. The van der Waals surface area contributed by atoms with Crippen LogP contribution in [0.4, 0.5) is 0 Å². The Balaban J connectivity index is 0. The molecule has 0 bridgehead atoms. The van der Waals surface area contributed by atoms with Gasteiger partial charge in [0.25, 0.3) is 0 Å². The van der Waals surface area contributed by atoms with Crippen molar-refractivity contribution >= 4 is 11.9 Å². The van der Waals surface area contributed by atoms with Crippen molar-refractivity contribution in [2.45, 2.75) is 52.9 Å². The van der Waals surface area contributed by atoms with Gasteiger partial charge < -0.3 is 10.2 Å². The van der Waals surface area contributed by atoms with Gasteiger partial charge in [-0.15, -0.1) is 0 Å². The molecule has 0 heterocycles. The zero-order chi connectivity index (χ0) is 14.6. The van der Waals surface area contributed by atoms with Gasteiger partial charge in [-0.3, -0.25) is 0 Å². The normalized spacial score (nSPS) is 10.3. The zero-order valence-corrected chi connectivity index (χ0v) is 11.5. The molecule has 104 valence electrons. The highest BCUT2D eigenvalue weighted by Crippen LogP contribution is 2.03. The highest BCUT2D eigenvalue weighted by atomic mass is 16.4. The highest BCUT2D eigenvalue weighted by Gasteiger charge is 2.00. The van der Waals surface area contributed by atoms with E-state index in [2.05, 4.69) is 6.58 Å². The zero-order valence-electron chi connectivity index (χ0n) is 11.5. The van der Waals surface area contributed by atoms with Gasteiger partial charge in [0, 0.05) is 11.1 Å². The van der Waals surface area contributed by atoms with Gasteiger partial charge >= 0.3 is 11.9 Å². The number of allylic oxidation sites excluding steroid dienone is 1. The van der Waals surface area contributed by atoms with Crippen molar-refractivity contribution in [3.05, 3.63) is 23.8 Å². The number of carbonyl (C=O) groups is 2. The molecule has 0 saturated carbocycles. The number of carboxylic acid groups (broad SMARTS) is 2. The van der Waals surface area contributed by atoms with Crippen LogP contribution in [-0.2, 0) is 9.59 Å². The Labute approximate surface area is 109 Å². The summed E-state index contributed by atoms with van der Waals surface area (Å²) < 4.78 is 0. The molecule has 0 aromatic heterocycles. The first-order valence-electron chi connectivity index (χ1n) is 6.17. The maximum Gasteiger partial charge on any atom is 0.330 e. The molecule has 0 aliphatic rings. The van der Waals surface area contributed by atoms with Gasteiger partial charge in [-0.1, -0.05) is 39.3 Å². The minimum Gasteiger partial charge on any atom is -0.478 e. The SMILES string of the molecule is C=C(CCCC)C(=O)O.CCCC=C(C)C(=O)O. The summed E-state index contributed by atoms with van der Waals surface area (Å²) in [6, 6.07) is 0. The van der Waals surface area contributed by atoms with Gasteiger partial charge in [-0.25, -0.2) is 9.59 Å². The Morgan fingerprint density at radius 1 is 1.11 bits per heavy atom. The Bertz CT molecular complexity index is 303. The van der Waals surface area contributed by atoms with Crippen molar-refractivity contribution < 1.29 is 19.8 Å². The first kappa shape index (κ1) is 18.8. The molecule has 0 spiro atoms. The second-order valence-corrected chi connectivity index (χ2v) is 3.99. The van der Waals surface area contributed by atoms with Crippen LogP contribution in [0.2, 0.25) is 0 Å². The van der Waals surface area contributed by atoms with E-state index in [1.165, 1.54) is 0 Å². The summed E-state index contributed by atoms with van der Waals surface area (Å²) in [7, 11) is 0. The lowest BCUT2D eigenvalue weighted by Crippen LogP contribution is -1.97. The van der Waals surface area contributed by atoms with E-state index in [9.17, 15) is 9.59 Å². The van der Waals surface area contributed by atoms with Crippen LogP contribution in [0.3, 0.4) is 0 Å². The third-order valence-corrected chi connectivity index (χ3v) is 2.21. The molecule has 0 aromatic rings. The molecule has 0 aliphatic heterocycles. The highest BCUT2D eigenvalue weighted by molar-refractivity contribution is 5.86. The molecule has 0 unspecified atom stereocenters. The second-order valence-electron chi connectivity index (χ2n) is 3.99. The second kappa shape index (κ2) is 11.9. The van der Waals surface area contributed by atoms with Gasteiger partial charge in [0.2, 0.25) is 0 Å². The lowest BCUT2D eigenvalue weighted by molar-refractivity contribution is -0.133. The Kier molecular flexibility index (Phi) is 12.4. The van der Waals surface area contributed by atoms with E-state index in [-0.39, 0.29) is 0 Å². The molecule has 2 N–H and O–H groups in total. The molecule has 4 heteroatoms. The van der Waals surface area contributed by atoms with Gasteiger partial charge in [0.15, 0.2) is 0 Å². The van der Waals surface area contributed by atoms with E-state index in [0.29, 0.717) is 17.6 Å². The summed E-state index contributed by atoms with van der Waals surface area (Å²) in [5, 5.41) is 16.6. The fourth-order valence-corrected chi connectivity index (χ4v) is 0.945. The summed E-state index contributed by atoms with van der Waals surface area (Å²) >= 11 is 0. The fourth-order valence-electron chi connectivity index (χ4n) is 0.945. The van der Waals surface area contributed by atoms with Gasteiger partial charge in [-0.2, -0.15) is 0 Å². The topological polar surface area (TPSA) is 74.6 Å². The number of rotatable bonds is 7. The molecular weight excluding hydrogens is 232 g/mol. The Morgan fingerprint density at radius 2 is 1.67 bits per heavy atom. The third kappa shape index (κ3) is 12.5. The van der Waals surface area contributed by atoms with Crippen LogP contribution in [0, 0.1) is 0 Å². The number of hydrogen-bond donors (Lipinski definition) is 2. The molecule has 0 aromatic carbocycles. The maximum absolute atomic E-state index is 10.1. The van der Waals surface area contributed by atoms with Crippen LogP contribution in [0.1, 0.15) is 52.9 Å². The van der Waals surface area contributed by atoms with Crippen molar-refractivity contribution in [3.63, 3.8) is 0 Å². The van der Waals surface area contributed by atoms with Crippen LogP contribution in [-0.4, -0.2) is 22.2 Å². The van der Waals surface area contributed by atoms with Crippen LogP contribution < -0.4 is 0 Å². The van der Waals surface area contributed by atoms with Crippen LogP contribution in [0.5, 0.6) is 0 Å². The van der Waals surface area contributed by atoms with Gasteiger partial charge in [0.1, 0.15) is 0 Å². The van der Waals surface area contributed by atoms with E-state index >= 15 is 0 Å². The van der Waals surface area contributed by atoms with Crippen LogP contribution in [0.25, 0.3) is 0 Å². The lowest BCUT2D eigenvalue weighted by atomic mass is 10.1. The molecule has 18 heavy (non-hydrogen) atoms. The molecule has 0 radical (unpaired) electrons. The molecule has 0 amide bonds. The van der Waals surface area contributed by atoms with Crippen LogP contribution >= 0.6 is 0 Å². The van der Waals surface area contributed by atoms with Crippen molar-refractivity contribution in [2.75, 3.05) is 0 Å². The largest absolute Gasteiger partial charge is 0.478 e. The van der Waals surface area contributed by atoms with E-state index in [4.69, 9.17) is 10.2 Å². The number of carboxylic acids is 2. The quantitative estimate of drug-likeness (QED) is 0.682. The average Bonchev–Trinajstić information content (AvgIpc) is 2.33. The minimum atomic E-state index is -0.872. The lowest BCUT2D eigenvalue weighted by Gasteiger charge is -1.95. The monoisotopic (exact) mass is 256 g/mol. The smallest absolute Gasteiger partial charge is 0.330 e. The first-order chi connectivity index (χ1) is 8.36. The first-order valence-corrected chi connectivity index (χ1v) is 6.17. The van der Waals surface area contributed by atoms with E-state index in [1.54, 1.807) is 13.0 Å². The molecule has 0 saturated heterocycles. The molecule has 0 aliphatic carbocycles. The predicted molar refractivity (Wildman–Crippen MR) is 72.6 cm³/mol. The van der Waals surface area contributed by atoms with Crippen LogP contribution in [0.15, 0.2) is 23.8 Å². The van der Waals surface area contributed by atoms with Crippen molar-refractivity contribution in [2.24, 2.45) is 0 Å². The number of hydrogen-bond acceptors (Lipinski definition) is 2. The Morgan fingerprint density at radius 3 is 2.00 bits per heavy atom. The van der Waals surface area contributed by atoms with E-state index in [0.717, 1.165) is 25.7 Å².